The number of halogens is 2. The van der Waals surface area contributed by atoms with Crippen LogP contribution in [0.15, 0.2) is 0 Å². The molecular formula is C13H28BCl2NO3. The predicted octanol–water partition coefficient (Wildman–Crippen LogP) is 1.43. The molecule has 0 radical (unpaired) electrons. The van der Waals surface area contributed by atoms with E-state index in [2.05, 4.69) is 11.8 Å². The first-order valence-electron chi connectivity index (χ1n) is 7.12. The van der Waals surface area contributed by atoms with Gasteiger partial charge in [-0.1, -0.05) is 19.8 Å². The van der Waals surface area contributed by atoms with Gasteiger partial charge in [-0.15, -0.1) is 24.8 Å². The first-order valence-corrected chi connectivity index (χ1v) is 7.12. The van der Waals surface area contributed by atoms with Crippen LogP contribution in [0.3, 0.4) is 0 Å². The molecule has 120 valence electrons. The van der Waals surface area contributed by atoms with Crippen molar-refractivity contribution in [2.24, 2.45) is 11.8 Å². The standard InChI is InChI=1S/C13H26BNO3.2ClH/c1-2-3-4-12(13(17)18-14)6-8-15-7-5-11(9-15)10-16;;/h11-12,16H,2-10,14H2,1H3;2*1H/t11-,12?;;/m1../s1. The van der Waals surface area contributed by atoms with Crippen molar-refractivity contribution in [3.8, 4) is 0 Å². The van der Waals surface area contributed by atoms with Crippen LogP contribution in [-0.4, -0.2) is 50.3 Å². The Morgan fingerprint density at radius 3 is 2.65 bits per heavy atom. The van der Waals surface area contributed by atoms with Crippen molar-refractivity contribution in [1.29, 1.82) is 0 Å². The van der Waals surface area contributed by atoms with Crippen LogP contribution in [0.2, 0.25) is 0 Å². The van der Waals surface area contributed by atoms with Crippen molar-refractivity contribution >= 4 is 38.8 Å². The Bertz CT molecular complexity index is 260. The lowest BCUT2D eigenvalue weighted by Crippen LogP contribution is -2.27. The summed E-state index contributed by atoms with van der Waals surface area (Å²) in [5.41, 5.74) is 0. The highest BCUT2D eigenvalue weighted by Crippen LogP contribution is 2.19. The molecule has 1 heterocycles. The molecule has 0 amide bonds. The molecule has 0 spiro atoms. The number of nitrogens with zero attached hydrogens (tertiary/aromatic N) is 1. The number of rotatable bonds is 8. The highest BCUT2D eigenvalue weighted by atomic mass is 35.5. The van der Waals surface area contributed by atoms with Crippen molar-refractivity contribution in [2.45, 2.75) is 39.0 Å². The van der Waals surface area contributed by atoms with Crippen LogP contribution in [0.25, 0.3) is 0 Å². The Morgan fingerprint density at radius 2 is 2.15 bits per heavy atom. The van der Waals surface area contributed by atoms with Crippen LogP contribution >= 0.6 is 24.8 Å². The van der Waals surface area contributed by atoms with Gasteiger partial charge >= 0.3 is 8.05 Å². The predicted molar refractivity (Wildman–Crippen MR) is 88.4 cm³/mol. The van der Waals surface area contributed by atoms with E-state index in [1.807, 2.05) is 0 Å². The Balaban J connectivity index is 0. The van der Waals surface area contributed by atoms with Gasteiger partial charge in [0.05, 0.1) is 5.92 Å². The summed E-state index contributed by atoms with van der Waals surface area (Å²) in [6, 6.07) is 0. The quantitative estimate of drug-likeness (QED) is 0.685. The fourth-order valence-electron chi connectivity index (χ4n) is 2.60. The van der Waals surface area contributed by atoms with Crippen LogP contribution in [-0.2, 0) is 9.45 Å². The normalized spacial score (nSPS) is 19.8. The number of aliphatic hydroxyl groups excluding tert-OH is 1. The average molecular weight is 328 g/mol. The molecule has 0 aliphatic carbocycles. The fraction of sp³-hybridized carbons (Fsp3) is 0.923. The molecule has 0 saturated carbocycles. The molecule has 7 heteroatoms. The summed E-state index contributed by atoms with van der Waals surface area (Å²) >= 11 is 0. The maximum Gasteiger partial charge on any atom is 0.325 e. The second kappa shape index (κ2) is 12.8. The van der Waals surface area contributed by atoms with Crippen molar-refractivity contribution in [3.05, 3.63) is 0 Å². The number of likely N-dealkylation sites (tertiary alicyclic amines) is 1. The molecule has 1 aliphatic heterocycles. The number of hydrogen-bond donors (Lipinski definition) is 1. The minimum atomic E-state index is -0.0682. The van der Waals surface area contributed by atoms with Crippen molar-refractivity contribution < 1.29 is 14.6 Å². The maximum atomic E-state index is 11.7. The number of carbonyl (C=O) groups is 1. The summed E-state index contributed by atoms with van der Waals surface area (Å²) in [5, 5.41) is 9.10. The number of hydrogen-bond acceptors (Lipinski definition) is 4. The van der Waals surface area contributed by atoms with Gasteiger partial charge in [0.15, 0.2) is 0 Å². The second-order valence-electron chi connectivity index (χ2n) is 5.29. The van der Waals surface area contributed by atoms with E-state index in [1.54, 1.807) is 0 Å². The zero-order valence-corrected chi connectivity index (χ0v) is 14.2. The highest BCUT2D eigenvalue weighted by Gasteiger charge is 2.24. The van der Waals surface area contributed by atoms with E-state index < -0.39 is 0 Å². The first-order chi connectivity index (χ1) is 8.71. The molecule has 2 atom stereocenters. The Labute approximate surface area is 135 Å². The lowest BCUT2D eigenvalue weighted by molar-refractivity contribution is -0.139. The number of unbranched alkanes of at least 4 members (excludes halogenated alkanes) is 1. The van der Waals surface area contributed by atoms with E-state index in [9.17, 15) is 4.79 Å². The van der Waals surface area contributed by atoms with E-state index in [0.717, 1.165) is 51.7 Å². The van der Waals surface area contributed by atoms with E-state index in [1.165, 1.54) is 8.05 Å². The summed E-state index contributed by atoms with van der Waals surface area (Å²) in [5.74, 6) is 0.404. The molecule has 1 saturated heterocycles. The summed E-state index contributed by atoms with van der Waals surface area (Å²) in [6.07, 6.45) is 5.09. The molecule has 1 aliphatic rings. The van der Waals surface area contributed by atoms with Crippen molar-refractivity contribution in [3.63, 3.8) is 0 Å². The van der Waals surface area contributed by atoms with Gasteiger partial charge in [0.25, 0.3) is 5.97 Å². The largest absolute Gasteiger partial charge is 0.543 e. The average Bonchev–Trinajstić information content (AvgIpc) is 2.86. The highest BCUT2D eigenvalue weighted by molar-refractivity contribution is 6.05. The van der Waals surface area contributed by atoms with Gasteiger partial charge in [-0.2, -0.15) is 0 Å². The lowest BCUT2D eigenvalue weighted by atomic mass is 9.98. The van der Waals surface area contributed by atoms with Gasteiger partial charge in [0.1, 0.15) is 0 Å². The van der Waals surface area contributed by atoms with Gasteiger partial charge in [-0.25, -0.2) is 0 Å². The van der Waals surface area contributed by atoms with Crippen LogP contribution < -0.4 is 0 Å². The zero-order valence-electron chi connectivity index (χ0n) is 12.5. The van der Waals surface area contributed by atoms with Gasteiger partial charge in [-0.05, 0) is 38.3 Å². The molecule has 4 nitrogen and oxygen atoms in total. The Hall–Kier alpha value is 0.0349. The fourth-order valence-corrected chi connectivity index (χ4v) is 2.60. The van der Waals surface area contributed by atoms with Gasteiger partial charge < -0.3 is 14.7 Å². The zero-order chi connectivity index (χ0) is 13.4. The van der Waals surface area contributed by atoms with Crippen molar-refractivity contribution in [1.82, 2.24) is 4.90 Å². The molecule has 0 aromatic carbocycles. The molecule has 1 fully saturated rings. The third kappa shape index (κ3) is 7.72. The topological polar surface area (TPSA) is 49.8 Å². The molecule has 1 N–H and O–H groups in total. The molecule has 0 bridgehead atoms. The van der Waals surface area contributed by atoms with Crippen LogP contribution in [0.1, 0.15) is 39.0 Å². The van der Waals surface area contributed by atoms with E-state index in [4.69, 9.17) is 9.76 Å². The minimum absolute atomic E-state index is 0. The lowest BCUT2D eigenvalue weighted by Gasteiger charge is -2.20. The molecule has 20 heavy (non-hydrogen) atoms. The third-order valence-electron chi connectivity index (χ3n) is 3.86. The molecular weight excluding hydrogens is 300 g/mol. The van der Waals surface area contributed by atoms with Crippen molar-refractivity contribution in [2.75, 3.05) is 26.2 Å². The van der Waals surface area contributed by atoms with E-state index in [-0.39, 0.29) is 43.3 Å². The molecule has 1 unspecified atom stereocenters. The van der Waals surface area contributed by atoms with Gasteiger partial charge in [-0.3, -0.25) is 4.79 Å². The smallest absolute Gasteiger partial charge is 0.325 e. The monoisotopic (exact) mass is 327 g/mol. The first kappa shape index (κ1) is 22.3. The molecule has 0 aromatic rings. The van der Waals surface area contributed by atoms with Crippen LogP contribution in [0.4, 0.5) is 0 Å². The number of carbonyl (C=O) groups excluding carboxylic acids is 1. The maximum absolute atomic E-state index is 11.7. The Morgan fingerprint density at radius 1 is 1.45 bits per heavy atom. The van der Waals surface area contributed by atoms with Gasteiger partial charge in [0, 0.05) is 13.2 Å². The second-order valence-corrected chi connectivity index (χ2v) is 5.29. The SMILES string of the molecule is BOC(=O)C(CCCC)CCN1CC[C@@H](CO)C1.Cl.Cl. The van der Waals surface area contributed by atoms with E-state index in [0.29, 0.717) is 5.92 Å². The van der Waals surface area contributed by atoms with E-state index >= 15 is 0 Å². The third-order valence-corrected chi connectivity index (χ3v) is 3.86. The van der Waals surface area contributed by atoms with Gasteiger partial charge in [0.2, 0.25) is 0 Å². The minimum Gasteiger partial charge on any atom is -0.543 e. The summed E-state index contributed by atoms with van der Waals surface area (Å²) < 4.78 is 4.87. The Kier molecular flexibility index (Phi) is 14.2. The molecule has 0 aromatic heterocycles. The number of aliphatic hydroxyl groups is 1. The van der Waals surface area contributed by atoms with Crippen LogP contribution in [0, 0.1) is 11.8 Å². The summed E-state index contributed by atoms with van der Waals surface area (Å²) in [6.45, 7) is 5.39. The summed E-state index contributed by atoms with van der Waals surface area (Å²) in [4.78, 5) is 14.0. The van der Waals surface area contributed by atoms with Crippen LogP contribution in [0.5, 0.6) is 0 Å². The molecule has 1 rings (SSSR count). The summed E-state index contributed by atoms with van der Waals surface area (Å²) in [7, 11) is 1.47.